The molecule has 14 heavy (non-hydrogen) atoms. The molecule has 0 aliphatic carbocycles. The molecule has 3 N–H and O–H groups in total. The molecule has 2 heterocycles. The van der Waals surface area contributed by atoms with Crippen LogP contribution in [0.2, 0.25) is 0 Å². The third kappa shape index (κ3) is 1.47. The van der Waals surface area contributed by atoms with Gasteiger partial charge in [0.2, 0.25) is 0 Å². The maximum atomic E-state index is 9.69. The molecular formula is C9H12N4O. The first-order valence-corrected chi connectivity index (χ1v) is 4.41. The van der Waals surface area contributed by atoms with Crippen LogP contribution < -0.4 is 5.73 Å². The molecule has 0 saturated carbocycles. The first-order valence-electron chi connectivity index (χ1n) is 4.41. The van der Waals surface area contributed by atoms with Crippen molar-refractivity contribution < 1.29 is 5.11 Å². The number of aliphatic hydroxyl groups is 1. The highest BCUT2D eigenvalue weighted by Crippen LogP contribution is 2.14. The van der Waals surface area contributed by atoms with Crippen molar-refractivity contribution in [1.82, 2.24) is 14.6 Å². The van der Waals surface area contributed by atoms with Crippen LogP contribution >= 0.6 is 0 Å². The number of hydrogen-bond donors (Lipinski definition) is 2. The molecule has 0 fully saturated rings. The van der Waals surface area contributed by atoms with Crippen molar-refractivity contribution in [2.75, 3.05) is 0 Å². The molecular weight excluding hydrogens is 180 g/mol. The molecule has 0 aliphatic rings. The Morgan fingerprint density at radius 1 is 1.57 bits per heavy atom. The second kappa shape index (κ2) is 3.36. The Kier molecular flexibility index (Phi) is 2.18. The van der Waals surface area contributed by atoms with Crippen LogP contribution in [0.25, 0.3) is 5.65 Å². The topological polar surface area (TPSA) is 76.4 Å². The van der Waals surface area contributed by atoms with Crippen LogP contribution in [-0.2, 0) is 0 Å². The first kappa shape index (κ1) is 9.11. The lowest BCUT2D eigenvalue weighted by Gasteiger charge is -2.13. The molecule has 2 aromatic rings. The maximum Gasteiger partial charge on any atom is 0.154 e. The SMILES string of the molecule is CC(N)C(O)c1cnc2ccnn2c1. The van der Waals surface area contributed by atoms with Gasteiger partial charge in [-0.2, -0.15) is 5.10 Å². The van der Waals surface area contributed by atoms with Crippen LogP contribution in [-0.4, -0.2) is 25.7 Å². The predicted molar refractivity (Wildman–Crippen MR) is 51.6 cm³/mol. The number of aliphatic hydroxyl groups excluding tert-OH is 1. The van der Waals surface area contributed by atoms with Crippen molar-refractivity contribution in [3.05, 3.63) is 30.2 Å². The fourth-order valence-corrected chi connectivity index (χ4v) is 1.28. The Morgan fingerprint density at radius 3 is 3.07 bits per heavy atom. The van der Waals surface area contributed by atoms with Crippen LogP contribution in [0, 0.1) is 0 Å². The van der Waals surface area contributed by atoms with Gasteiger partial charge >= 0.3 is 0 Å². The molecule has 5 heteroatoms. The minimum atomic E-state index is -0.698. The lowest BCUT2D eigenvalue weighted by atomic mass is 10.1. The normalized spacial score (nSPS) is 15.6. The van der Waals surface area contributed by atoms with E-state index in [1.54, 1.807) is 36.1 Å². The third-order valence-electron chi connectivity index (χ3n) is 2.11. The lowest BCUT2D eigenvalue weighted by Crippen LogP contribution is -2.24. The van der Waals surface area contributed by atoms with E-state index < -0.39 is 6.10 Å². The van der Waals surface area contributed by atoms with Gasteiger partial charge in [0.25, 0.3) is 0 Å². The average molecular weight is 192 g/mol. The van der Waals surface area contributed by atoms with Crippen molar-refractivity contribution in [2.45, 2.75) is 19.1 Å². The second-order valence-corrected chi connectivity index (χ2v) is 3.33. The largest absolute Gasteiger partial charge is 0.387 e. The summed E-state index contributed by atoms with van der Waals surface area (Å²) in [4.78, 5) is 4.13. The quantitative estimate of drug-likeness (QED) is 0.708. The summed E-state index contributed by atoms with van der Waals surface area (Å²) >= 11 is 0. The molecule has 74 valence electrons. The van der Waals surface area contributed by atoms with Crippen molar-refractivity contribution in [2.24, 2.45) is 5.73 Å². The Balaban J connectivity index is 2.43. The summed E-state index contributed by atoms with van der Waals surface area (Å²) in [5, 5.41) is 13.7. The van der Waals surface area contributed by atoms with Crippen LogP contribution in [0.1, 0.15) is 18.6 Å². The van der Waals surface area contributed by atoms with E-state index in [2.05, 4.69) is 10.1 Å². The number of aromatic nitrogens is 3. The minimum Gasteiger partial charge on any atom is -0.387 e. The van der Waals surface area contributed by atoms with E-state index in [1.165, 1.54) is 0 Å². The van der Waals surface area contributed by atoms with Crippen LogP contribution in [0.4, 0.5) is 0 Å². The standard InChI is InChI=1S/C9H12N4O/c1-6(10)9(14)7-4-11-8-2-3-12-13(8)5-7/h2-6,9,14H,10H2,1H3. The van der Waals surface area contributed by atoms with E-state index in [-0.39, 0.29) is 6.04 Å². The van der Waals surface area contributed by atoms with Crippen molar-refractivity contribution in [3.8, 4) is 0 Å². The van der Waals surface area contributed by atoms with Gasteiger partial charge < -0.3 is 10.8 Å². The van der Waals surface area contributed by atoms with Gasteiger partial charge in [-0.3, -0.25) is 0 Å². The summed E-state index contributed by atoms with van der Waals surface area (Å²) in [5.74, 6) is 0. The number of nitrogens with zero attached hydrogens (tertiary/aromatic N) is 3. The van der Waals surface area contributed by atoms with E-state index in [9.17, 15) is 5.11 Å². The Bertz CT molecular complexity index is 437. The molecule has 0 aromatic carbocycles. The van der Waals surface area contributed by atoms with Gasteiger partial charge in [-0.05, 0) is 6.92 Å². The molecule has 0 bridgehead atoms. The van der Waals surface area contributed by atoms with E-state index in [1.807, 2.05) is 0 Å². The fraction of sp³-hybridized carbons (Fsp3) is 0.333. The van der Waals surface area contributed by atoms with E-state index in [0.717, 1.165) is 5.65 Å². The van der Waals surface area contributed by atoms with Crippen LogP contribution in [0.3, 0.4) is 0 Å². The summed E-state index contributed by atoms with van der Waals surface area (Å²) in [5.41, 5.74) is 7.01. The van der Waals surface area contributed by atoms with Gasteiger partial charge in [-0.25, -0.2) is 9.50 Å². The Morgan fingerprint density at radius 2 is 2.36 bits per heavy atom. The van der Waals surface area contributed by atoms with Crippen LogP contribution in [0.15, 0.2) is 24.7 Å². The average Bonchev–Trinajstić information content (AvgIpc) is 2.62. The molecule has 5 nitrogen and oxygen atoms in total. The molecule has 2 aromatic heterocycles. The highest BCUT2D eigenvalue weighted by atomic mass is 16.3. The zero-order valence-electron chi connectivity index (χ0n) is 7.83. The summed E-state index contributed by atoms with van der Waals surface area (Å²) in [6, 6.07) is 1.48. The molecule has 2 rings (SSSR count). The van der Waals surface area contributed by atoms with Crippen LogP contribution in [0.5, 0.6) is 0 Å². The molecule has 2 atom stereocenters. The van der Waals surface area contributed by atoms with Gasteiger partial charge in [0.05, 0.1) is 12.3 Å². The highest BCUT2D eigenvalue weighted by molar-refractivity contribution is 5.36. The number of hydrogen-bond acceptors (Lipinski definition) is 4. The smallest absolute Gasteiger partial charge is 0.154 e. The molecule has 0 aliphatic heterocycles. The molecule has 2 unspecified atom stereocenters. The summed E-state index contributed by atoms with van der Waals surface area (Å²) in [6.07, 6.45) is 4.31. The maximum absolute atomic E-state index is 9.69. The zero-order chi connectivity index (χ0) is 10.1. The molecule has 0 radical (unpaired) electrons. The molecule has 0 saturated heterocycles. The third-order valence-corrected chi connectivity index (χ3v) is 2.11. The summed E-state index contributed by atoms with van der Waals surface area (Å²) < 4.78 is 1.61. The Labute approximate surface area is 81.2 Å². The minimum absolute atomic E-state index is 0.315. The highest BCUT2D eigenvalue weighted by Gasteiger charge is 2.13. The van der Waals surface area contributed by atoms with Gasteiger partial charge in [-0.15, -0.1) is 0 Å². The monoisotopic (exact) mass is 192 g/mol. The molecule has 0 amide bonds. The second-order valence-electron chi connectivity index (χ2n) is 3.33. The Hall–Kier alpha value is -1.46. The van der Waals surface area contributed by atoms with Crippen molar-refractivity contribution >= 4 is 5.65 Å². The fourth-order valence-electron chi connectivity index (χ4n) is 1.28. The van der Waals surface area contributed by atoms with Gasteiger partial charge in [0.1, 0.15) is 0 Å². The van der Waals surface area contributed by atoms with Crippen molar-refractivity contribution in [1.29, 1.82) is 0 Å². The zero-order valence-corrected chi connectivity index (χ0v) is 7.83. The summed E-state index contributed by atoms with van der Waals surface area (Å²) in [7, 11) is 0. The van der Waals surface area contributed by atoms with Gasteiger partial charge in [0, 0.05) is 30.1 Å². The van der Waals surface area contributed by atoms with E-state index in [4.69, 9.17) is 5.73 Å². The first-order chi connectivity index (χ1) is 6.68. The van der Waals surface area contributed by atoms with Gasteiger partial charge in [0.15, 0.2) is 5.65 Å². The number of rotatable bonds is 2. The predicted octanol–water partition coefficient (Wildman–Crippen LogP) is 0.110. The summed E-state index contributed by atoms with van der Waals surface area (Å²) in [6.45, 7) is 1.75. The molecule has 0 spiro atoms. The number of nitrogens with two attached hydrogens (primary N) is 1. The number of fused-ring (bicyclic) bond motifs is 1. The van der Waals surface area contributed by atoms with E-state index >= 15 is 0 Å². The lowest BCUT2D eigenvalue weighted by molar-refractivity contribution is 0.152. The van der Waals surface area contributed by atoms with Crippen molar-refractivity contribution in [3.63, 3.8) is 0 Å². The van der Waals surface area contributed by atoms with E-state index in [0.29, 0.717) is 5.56 Å². The van der Waals surface area contributed by atoms with Gasteiger partial charge in [-0.1, -0.05) is 0 Å².